The number of hydrogen-bond acceptors (Lipinski definition) is 3. The minimum absolute atomic E-state index is 0.00707. The lowest BCUT2D eigenvalue weighted by Gasteiger charge is -2.14. The van der Waals surface area contributed by atoms with E-state index in [1.54, 1.807) is 7.05 Å². The summed E-state index contributed by atoms with van der Waals surface area (Å²) >= 11 is 0. The summed E-state index contributed by atoms with van der Waals surface area (Å²) in [4.78, 5) is 20.8. The van der Waals surface area contributed by atoms with Gasteiger partial charge in [-0.1, -0.05) is 12.1 Å². The third-order valence-corrected chi connectivity index (χ3v) is 2.88. The van der Waals surface area contributed by atoms with Crippen molar-refractivity contribution in [3.8, 4) is 0 Å². The molecule has 2 rings (SSSR count). The van der Waals surface area contributed by atoms with Gasteiger partial charge in [-0.15, -0.1) is 0 Å². The monoisotopic (exact) mass is 247 g/mol. The quantitative estimate of drug-likeness (QED) is 0.826. The smallest absolute Gasteiger partial charge is 0.222 e. The number of nitrogens with zero attached hydrogens (tertiary/aromatic N) is 2. The standard InChI is InChI=1S/C13H17N3O2/c1-16(8-9-17)13(18)7-6-12-14-10-4-2-3-5-11(10)15-12/h2-5,17H,6-9H2,1H3,(H,14,15). The molecule has 0 unspecified atom stereocenters. The molecule has 0 aliphatic heterocycles. The number of aliphatic hydroxyl groups is 1. The number of imidazole rings is 1. The Bertz CT molecular complexity index is 503. The number of para-hydroxylation sites is 2. The van der Waals surface area contributed by atoms with Crippen LogP contribution < -0.4 is 0 Å². The molecule has 2 aromatic rings. The van der Waals surface area contributed by atoms with E-state index in [2.05, 4.69) is 9.97 Å². The van der Waals surface area contributed by atoms with E-state index in [0.29, 0.717) is 19.4 Å². The van der Waals surface area contributed by atoms with Crippen LogP contribution in [0.15, 0.2) is 24.3 Å². The second kappa shape index (κ2) is 5.64. The Labute approximate surface area is 105 Å². The number of aryl methyl sites for hydroxylation is 1. The van der Waals surface area contributed by atoms with Crippen molar-refractivity contribution in [2.45, 2.75) is 12.8 Å². The van der Waals surface area contributed by atoms with Crippen molar-refractivity contribution in [3.05, 3.63) is 30.1 Å². The molecular weight excluding hydrogens is 230 g/mol. The van der Waals surface area contributed by atoms with Gasteiger partial charge in [-0.05, 0) is 12.1 Å². The zero-order chi connectivity index (χ0) is 13.0. The number of amides is 1. The van der Waals surface area contributed by atoms with Crippen LogP contribution in [0.25, 0.3) is 11.0 Å². The molecule has 18 heavy (non-hydrogen) atoms. The number of nitrogens with one attached hydrogen (secondary N) is 1. The van der Waals surface area contributed by atoms with E-state index in [9.17, 15) is 4.79 Å². The maximum Gasteiger partial charge on any atom is 0.222 e. The molecule has 0 aliphatic rings. The first-order valence-corrected chi connectivity index (χ1v) is 5.99. The van der Waals surface area contributed by atoms with Gasteiger partial charge in [0, 0.05) is 26.4 Å². The number of hydrogen-bond donors (Lipinski definition) is 2. The lowest BCUT2D eigenvalue weighted by Crippen LogP contribution is -2.29. The molecule has 0 aliphatic carbocycles. The molecule has 1 aromatic carbocycles. The zero-order valence-electron chi connectivity index (χ0n) is 10.4. The number of aliphatic hydroxyl groups excluding tert-OH is 1. The van der Waals surface area contributed by atoms with Crippen LogP contribution in [-0.4, -0.2) is 46.1 Å². The van der Waals surface area contributed by atoms with Gasteiger partial charge >= 0.3 is 0 Å². The molecule has 0 atom stereocenters. The summed E-state index contributed by atoms with van der Waals surface area (Å²) in [6.45, 7) is 0.367. The number of carbonyl (C=O) groups is 1. The van der Waals surface area contributed by atoms with Crippen molar-refractivity contribution in [1.29, 1.82) is 0 Å². The van der Waals surface area contributed by atoms with E-state index in [0.717, 1.165) is 16.9 Å². The van der Waals surface area contributed by atoms with E-state index in [-0.39, 0.29) is 12.5 Å². The molecule has 0 spiro atoms. The van der Waals surface area contributed by atoms with Gasteiger partial charge in [0.1, 0.15) is 5.82 Å². The first-order valence-electron chi connectivity index (χ1n) is 5.99. The summed E-state index contributed by atoms with van der Waals surface area (Å²) in [7, 11) is 1.69. The summed E-state index contributed by atoms with van der Waals surface area (Å²) in [6, 6.07) is 7.79. The molecule has 0 saturated carbocycles. The predicted octanol–water partition coefficient (Wildman–Crippen LogP) is 0.946. The van der Waals surface area contributed by atoms with Crippen molar-refractivity contribution in [3.63, 3.8) is 0 Å². The van der Waals surface area contributed by atoms with Gasteiger partial charge in [-0.3, -0.25) is 4.79 Å². The molecular formula is C13H17N3O2. The Morgan fingerprint density at radius 2 is 2.22 bits per heavy atom. The molecule has 0 bridgehead atoms. The lowest BCUT2D eigenvalue weighted by atomic mass is 10.2. The molecule has 1 aromatic heterocycles. The fourth-order valence-electron chi connectivity index (χ4n) is 1.81. The van der Waals surface area contributed by atoms with Crippen molar-refractivity contribution in [2.75, 3.05) is 20.2 Å². The highest BCUT2D eigenvalue weighted by Crippen LogP contribution is 2.11. The first kappa shape index (κ1) is 12.6. The highest BCUT2D eigenvalue weighted by Gasteiger charge is 2.09. The minimum atomic E-state index is -0.00707. The first-order chi connectivity index (χ1) is 8.70. The maximum atomic E-state index is 11.7. The van der Waals surface area contributed by atoms with Crippen LogP contribution in [0.4, 0.5) is 0 Å². The molecule has 1 amide bonds. The summed E-state index contributed by atoms with van der Waals surface area (Å²) in [5, 5.41) is 8.75. The largest absolute Gasteiger partial charge is 0.395 e. The normalized spacial score (nSPS) is 10.8. The number of H-pyrrole nitrogens is 1. The maximum absolute atomic E-state index is 11.7. The Hall–Kier alpha value is -1.88. The van der Waals surface area contributed by atoms with Gasteiger partial charge in [-0.25, -0.2) is 4.98 Å². The zero-order valence-corrected chi connectivity index (χ0v) is 10.4. The van der Waals surface area contributed by atoms with E-state index in [1.165, 1.54) is 4.90 Å². The second-order valence-electron chi connectivity index (χ2n) is 4.24. The number of likely N-dealkylation sites (N-methyl/N-ethyl adjacent to an activating group) is 1. The Kier molecular flexibility index (Phi) is 3.94. The Morgan fingerprint density at radius 3 is 2.94 bits per heavy atom. The van der Waals surface area contributed by atoms with Crippen LogP contribution in [0.5, 0.6) is 0 Å². The van der Waals surface area contributed by atoms with Gasteiger partial charge < -0.3 is 15.0 Å². The van der Waals surface area contributed by atoms with Crippen LogP contribution in [0.1, 0.15) is 12.2 Å². The van der Waals surface area contributed by atoms with Gasteiger partial charge in [0.25, 0.3) is 0 Å². The Balaban J connectivity index is 1.95. The SMILES string of the molecule is CN(CCO)C(=O)CCc1nc2ccccc2[nH]1. The minimum Gasteiger partial charge on any atom is -0.395 e. The number of carbonyl (C=O) groups excluding carboxylic acids is 1. The fraction of sp³-hybridized carbons (Fsp3) is 0.385. The third-order valence-electron chi connectivity index (χ3n) is 2.88. The average molecular weight is 247 g/mol. The van der Waals surface area contributed by atoms with E-state index in [1.807, 2.05) is 24.3 Å². The second-order valence-corrected chi connectivity index (χ2v) is 4.24. The molecule has 0 fully saturated rings. The molecule has 5 heteroatoms. The average Bonchev–Trinajstić information content (AvgIpc) is 2.78. The summed E-state index contributed by atoms with van der Waals surface area (Å²) in [5.41, 5.74) is 1.91. The number of aromatic amines is 1. The van der Waals surface area contributed by atoms with Gasteiger partial charge in [0.15, 0.2) is 0 Å². The number of aromatic nitrogens is 2. The van der Waals surface area contributed by atoms with E-state index < -0.39 is 0 Å². The predicted molar refractivity (Wildman–Crippen MR) is 69.1 cm³/mol. The van der Waals surface area contributed by atoms with Crippen molar-refractivity contribution in [2.24, 2.45) is 0 Å². The van der Waals surface area contributed by atoms with Crippen molar-refractivity contribution >= 4 is 16.9 Å². The van der Waals surface area contributed by atoms with Gasteiger partial charge in [-0.2, -0.15) is 0 Å². The van der Waals surface area contributed by atoms with Crippen molar-refractivity contribution < 1.29 is 9.90 Å². The molecule has 5 nitrogen and oxygen atoms in total. The topological polar surface area (TPSA) is 69.2 Å². The van der Waals surface area contributed by atoms with Gasteiger partial charge in [0.2, 0.25) is 5.91 Å². The van der Waals surface area contributed by atoms with Crippen LogP contribution in [0.2, 0.25) is 0 Å². The lowest BCUT2D eigenvalue weighted by molar-refractivity contribution is -0.130. The summed E-state index contributed by atoms with van der Waals surface area (Å²) in [6.07, 6.45) is 0.986. The summed E-state index contributed by atoms with van der Waals surface area (Å²) in [5.74, 6) is 0.839. The molecule has 1 heterocycles. The van der Waals surface area contributed by atoms with E-state index >= 15 is 0 Å². The van der Waals surface area contributed by atoms with Crippen molar-refractivity contribution in [1.82, 2.24) is 14.9 Å². The molecule has 0 saturated heterocycles. The molecule has 96 valence electrons. The van der Waals surface area contributed by atoms with Crippen LogP contribution >= 0.6 is 0 Å². The number of rotatable bonds is 5. The van der Waals surface area contributed by atoms with E-state index in [4.69, 9.17) is 5.11 Å². The number of fused-ring (bicyclic) bond motifs is 1. The van der Waals surface area contributed by atoms with Crippen LogP contribution in [-0.2, 0) is 11.2 Å². The van der Waals surface area contributed by atoms with Gasteiger partial charge in [0.05, 0.1) is 17.6 Å². The molecule has 0 radical (unpaired) electrons. The van der Waals surface area contributed by atoms with Crippen LogP contribution in [0.3, 0.4) is 0 Å². The fourth-order valence-corrected chi connectivity index (χ4v) is 1.81. The highest BCUT2D eigenvalue weighted by atomic mass is 16.3. The highest BCUT2D eigenvalue weighted by molar-refractivity contribution is 5.77. The molecule has 2 N–H and O–H groups in total. The summed E-state index contributed by atoms with van der Waals surface area (Å²) < 4.78 is 0. The number of benzene rings is 1. The third kappa shape index (κ3) is 2.87. The Morgan fingerprint density at radius 1 is 1.44 bits per heavy atom. The van der Waals surface area contributed by atoms with Crippen LogP contribution in [0, 0.1) is 0 Å².